The summed E-state index contributed by atoms with van der Waals surface area (Å²) in [6.07, 6.45) is 0. The maximum Gasteiger partial charge on any atom is -0.000719 e. The molecule has 0 fully saturated rings. The van der Waals surface area contributed by atoms with Gasteiger partial charge in [0.05, 0.1) is 0 Å². The van der Waals surface area contributed by atoms with Gasteiger partial charge in [0.1, 0.15) is 0 Å². The fraction of sp³-hybridized carbons (Fsp3) is 0.114. The molecule has 0 heterocycles. The summed E-state index contributed by atoms with van der Waals surface area (Å²) in [6, 6.07) is 78.6. The van der Waals surface area contributed by atoms with Gasteiger partial charge in [-0.15, -0.1) is 0 Å². The third-order valence-corrected chi connectivity index (χ3v) is 15.8. The molecule has 0 saturated carbocycles. The van der Waals surface area contributed by atoms with Crippen LogP contribution < -0.4 is 0 Å². The van der Waals surface area contributed by atoms with Gasteiger partial charge in [0.15, 0.2) is 0 Å². The molecule has 0 aliphatic rings. The summed E-state index contributed by atoms with van der Waals surface area (Å²) >= 11 is 0. The number of hydrogen-bond acceptors (Lipinski definition) is 0. The van der Waals surface area contributed by atoms with Gasteiger partial charge in [-0.25, -0.2) is 0 Å². The van der Waals surface area contributed by atoms with Crippen molar-refractivity contribution in [2.45, 2.75) is 52.4 Å². The first kappa shape index (κ1) is 41.0. The second-order valence-electron chi connectivity index (χ2n) is 21.9. The lowest BCUT2D eigenvalue weighted by Gasteiger charge is -2.27. The fourth-order valence-corrected chi connectivity index (χ4v) is 12.5. The lowest BCUT2D eigenvalue weighted by Crippen LogP contribution is -2.16. The maximum absolute atomic E-state index is 2.59. The average Bonchev–Trinajstić information content (AvgIpc) is 3.89. The lowest BCUT2D eigenvalue weighted by molar-refractivity contribution is 0.569. The van der Waals surface area contributed by atoms with Gasteiger partial charge in [0.2, 0.25) is 0 Å². The minimum atomic E-state index is -0.0375. The minimum Gasteiger partial charge on any atom is -0.0622 e. The van der Waals surface area contributed by atoms with E-state index in [0.29, 0.717) is 0 Å². The second kappa shape index (κ2) is 14.7. The molecule has 332 valence electrons. The van der Waals surface area contributed by atoms with Crippen molar-refractivity contribution in [3.05, 3.63) is 217 Å². The van der Waals surface area contributed by atoms with Crippen LogP contribution in [0.1, 0.15) is 52.7 Å². The second-order valence-corrected chi connectivity index (χ2v) is 21.9. The summed E-state index contributed by atoms with van der Waals surface area (Å²) in [5.41, 5.74) is 12.9. The van der Waals surface area contributed by atoms with E-state index in [4.69, 9.17) is 0 Å². The largest absolute Gasteiger partial charge is 0.0622 e. The van der Waals surface area contributed by atoms with Crippen LogP contribution in [0.5, 0.6) is 0 Å². The highest BCUT2D eigenvalue weighted by Gasteiger charge is 2.29. The van der Waals surface area contributed by atoms with Gasteiger partial charge >= 0.3 is 0 Å². The van der Waals surface area contributed by atoms with E-state index in [1.807, 2.05) is 0 Å². The molecule has 0 radical (unpaired) electrons. The maximum atomic E-state index is 2.59. The Morgan fingerprint density at radius 1 is 0.229 bits per heavy atom. The van der Waals surface area contributed by atoms with Gasteiger partial charge in [-0.05, 0) is 176 Å². The van der Waals surface area contributed by atoms with Gasteiger partial charge in [0, 0.05) is 0 Å². The Hall–Kier alpha value is -8.06. The molecule has 0 atom stereocenters. The molecule has 0 saturated heterocycles. The van der Waals surface area contributed by atoms with Crippen molar-refractivity contribution in [2.75, 3.05) is 0 Å². The van der Waals surface area contributed by atoms with Crippen LogP contribution >= 0.6 is 0 Å². The highest BCUT2D eigenvalue weighted by Crippen LogP contribution is 2.55. The van der Waals surface area contributed by atoms with Crippen molar-refractivity contribution >= 4 is 97.0 Å². The first-order chi connectivity index (χ1) is 34.0. The zero-order chi connectivity index (χ0) is 47.2. The highest BCUT2D eigenvalue weighted by atomic mass is 14.3. The van der Waals surface area contributed by atoms with E-state index >= 15 is 0 Å². The zero-order valence-electron chi connectivity index (χ0n) is 40.6. The molecule has 0 N–H and O–H groups in total. The number of hydrogen-bond donors (Lipinski definition) is 0. The minimum absolute atomic E-state index is 0.0375. The number of benzene rings is 12. The molecule has 0 aromatic heterocycles. The first-order valence-electron chi connectivity index (χ1n) is 25.0. The van der Waals surface area contributed by atoms with Crippen LogP contribution in [0.2, 0.25) is 0 Å². The fourth-order valence-electron chi connectivity index (χ4n) is 12.5. The van der Waals surface area contributed by atoms with Crippen LogP contribution in [-0.4, -0.2) is 0 Å². The third-order valence-electron chi connectivity index (χ3n) is 15.8. The normalized spacial score (nSPS) is 12.7. The molecule has 0 heteroatoms. The summed E-state index contributed by atoms with van der Waals surface area (Å²) < 4.78 is 0. The predicted molar refractivity (Wildman–Crippen MR) is 306 cm³/mol. The molecule has 0 aliphatic carbocycles. The van der Waals surface area contributed by atoms with Gasteiger partial charge in [-0.1, -0.05) is 236 Å². The Labute approximate surface area is 409 Å². The zero-order valence-corrected chi connectivity index (χ0v) is 40.6. The monoisotopic (exact) mass is 892 g/mol. The van der Waals surface area contributed by atoms with E-state index in [1.54, 1.807) is 0 Å². The molecule has 0 spiro atoms. The summed E-state index contributed by atoms with van der Waals surface area (Å²) in [5.74, 6) is 0. The molecule has 0 nitrogen and oxygen atoms in total. The van der Waals surface area contributed by atoms with Crippen LogP contribution in [0.15, 0.2) is 206 Å². The quantitative estimate of drug-likeness (QED) is 0.154. The number of fused-ring (bicyclic) bond motifs is 11. The molecule has 14 aromatic rings. The molecule has 14 rings (SSSR count). The Morgan fingerprint density at radius 2 is 0.657 bits per heavy atom. The van der Waals surface area contributed by atoms with Gasteiger partial charge in [-0.3, -0.25) is 0 Å². The molecule has 14 aromatic carbocycles. The molecule has 0 bridgehead atoms. The van der Waals surface area contributed by atoms with E-state index in [-0.39, 0.29) is 10.8 Å². The Bertz CT molecular complexity index is 4400. The van der Waals surface area contributed by atoms with Gasteiger partial charge < -0.3 is 0 Å². The topological polar surface area (TPSA) is 0 Å². The molecule has 0 amide bonds. The van der Waals surface area contributed by atoms with E-state index in [9.17, 15) is 0 Å². The Kier molecular flexibility index (Phi) is 8.62. The van der Waals surface area contributed by atoms with Crippen molar-refractivity contribution in [3.8, 4) is 44.5 Å². The van der Waals surface area contributed by atoms with Crippen LogP contribution in [0.4, 0.5) is 0 Å². The molecular weight excluding hydrogens is 841 g/mol. The number of rotatable bonds is 4. The standard InChI is InChI=1S/C70H52/c1-69(2,3)45-36-44(37-46(38-45)70(4,5)6)62-51-28-16-15-27-50(51)61(43-23-11-8-12-24-43)67-56-33-19-31-53-57-39-59-63-52(58(57)40-60(64(53)56)68(62)67)30-18-32-55(63)65-48(42-20-9-7-10-21-42)34-35-54(66(59)65)49-29-17-25-41-22-13-14-26-47(41)49/h7-40H,1-6H3. The van der Waals surface area contributed by atoms with Crippen molar-refractivity contribution < 1.29 is 0 Å². The van der Waals surface area contributed by atoms with E-state index < -0.39 is 0 Å². The highest BCUT2D eigenvalue weighted by molar-refractivity contribution is 6.46. The molecule has 70 heavy (non-hydrogen) atoms. The lowest BCUT2D eigenvalue weighted by atomic mass is 9.77. The first-order valence-corrected chi connectivity index (χ1v) is 25.0. The SMILES string of the molecule is CC(C)(C)c1cc(-c2c3ccccc3c(-c3ccccc3)c3c4cccc5c6cc7c8c(-c9cccc%10ccccc9%10)ccc(-c9ccccc9)c8c8cccc(c6cc(c23)c54)c87)cc(C(C)(C)C)c1. The Balaban J connectivity index is 1.20. The summed E-state index contributed by atoms with van der Waals surface area (Å²) in [4.78, 5) is 0. The molecule has 0 unspecified atom stereocenters. The van der Waals surface area contributed by atoms with Crippen molar-refractivity contribution in [3.63, 3.8) is 0 Å². The van der Waals surface area contributed by atoms with E-state index in [2.05, 4.69) is 248 Å². The van der Waals surface area contributed by atoms with Crippen LogP contribution in [0.25, 0.3) is 141 Å². The summed E-state index contributed by atoms with van der Waals surface area (Å²) in [5, 5.41) is 23.6. The average molecular weight is 893 g/mol. The van der Waals surface area contributed by atoms with Crippen molar-refractivity contribution in [1.82, 2.24) is 0 Å². The smallest absolute Gasteiger partial charge is 0.000719 e. The van der Waals surface area contributed by atoms with Gasteiger partial charge in [0.25, 0.3) is 0 Å². The van der Waals surface area contributed by atoms with Crippen LogP contribution in [0, 0.1) is 0 Å². The summed E-state index contributed by atoms with van der Waals surface area (Å²) in [6.45, 7) is 14.1. The van der Waals surface area contributed by atoms with Crippen molar-refractivity contribution in [1.29, 1.82) is 0 Å². The van der Waals surface area contributed by atoms with Gasteiger partial charge in [-0.2, -0.15) is 0 Å². The summed E-state index contributed by atoms with van der Waals surface area (Å²) in [7, 11) is 0. The molecule has 0 aliphatic heterocycles. The Morgan fingerprint density at radius 3 is 1.27 bits per heavy atom. The third kappa shape index (κ3) is 5.83. The van der Waals surface area contributed by atoms with Crippen LogP contribution in [-0.2, 0) is 10.8 Å². The molecular formula is C70H52. The predicted octanol–water partition coefficient (Wildman–Crippen LogP) is 20.2. The van der Waals surface area contributed by atoms with E-state index in [1.165, 1.54) is 153 Å². The van der Waals surface area contributed by atoms with Crippen molar-refractivity contribution in [2.24, 2.45) is 0 Å². The van der Waals surface area contributed by atoms with Crippen LogP contribution in [0.3, 0.4) is 0 Å². The van der Waals surface area contributed by atoms with E-state index in [0.717, 1.165) is 0 Å².